The van der Waals surface area contributed by atoms with Crippen LogP contribution in [0.4, 0.5) is 4.39 Å². The number of nitrogens with one attached hydrogen (secondary N) is 1. The van der Waals surface area contributed by atoms with Gasteiger partial charge in [-0.2, -0.15) is 0 Å². The fourth-order valence-corrected chi connectivity index (χ4v) is 4.60. The molecule has 130 valence electrons. The zero-order valence-corrected chi connectivity index (χ0v) is 15.4. The highest BCUT2D eigenvalue weighted by molar-refractivity contribution is 7.21. The van der Waals surface area contributed by atoms with Crippen LogP contribution >= 0.6 is 11.3 Å². The molecule has 1 fully saturated rings. The molecule has 0 atom stereocenters. The Hall–Kier alpha value is -1.46. The molecule has 0 unspecified atom stereocenters. The molecule has 5 heteroatoms. The van der Waals surface area contributed by atoms with E-state index in [-0.39, 0.29) is 17.3 Å². The molecule has 1 amide bonds. The summed E-state index contributed by atoms with van der Waals surface area (Å²) in [6, 6.07) is 5.00. The predicted octanol–water partition coefficient (Wildman–Crippen LogP) is 4.34. The third-order valence-corrected chi connectivity index (χ3v) is 6.26. The van der Waals surface area contributed by atoms with E-state index in [1.807, 2.05) is 13.0 Å². The summed E-state index contributed by atoms with van der Waals surface area (Å²) in [5, 5.41) is 3.64. The molecular formula is C19H25FN2OS. The molecule has 2 heterocycles. The number of hydrogen-bond acceptors (Lipinski definition) is 3. The average molecular weight is 348 g/mol. The Morgan fingerprint density at radius 2 is 2.00 bits per heavy atom. The van der Waals surface area contributed by atoms with Crippen LogP contribution in [0.15, 0.2) is 18.2 Å². The molecule has 0 bridgehead atoms. The lowest BCUT2D eigenvalue weighted by molar-refractivity contribution is 0.0800. The average Bonchev–Trinajstić information content (AvgIpc) is 2.92. The number of amides is 1. The van der Waals surface area contributed by atoms with Crippen molar-refractivity contribution in [2.24, 2.45) is 0 Å². The molecule has 2 aromatic rings. The lowest BCUT2D eigenvalue weighted by Gasteiger charge is -2.41. The quantitative estimate of drug-likeness (QED) is 0.891. The SMILES string of the molecule is Cc1c(C(=O)NCC(C)(C)N2CCCCC2)sc2cccc(F)c12. The van der Waals surface area contributed by atoms with Gasteiger partial charge >= 0.3 is 0 Å². The second-order valence-electron chi connectivity index (χ2n) is 7.21. The van der Waals surface area contributed by atoms with Crippen molar-refractivity contribution in [3.63, 3.8) is 0 Å². The van der Waals surface area contributed by atoms with E-state index < -0.39 is 0 Å². The maximum absolute atomic E-state index is 14.0. The molecule has 1 aromatic heterocycles. The normalized spacial score (nSPS) is 16.5. The van der Waals surface area contributed by atoms with Crippen LogP contribution in [0.2, 0.25) is 0 Å². The summed E-state index contributed by atoms with van der Waals surface area (Å²) in [6.45, 7) is 8.96. The zero-order chi connectivity index (χ0) is 17.3. The van der Waals surface area contributed by atoms with Gasteiger partial charge in [0.15, 0.2) is 0 Å². The third kappa shape index (κ3) is 3.33. The molecule has 1 saturated heterocycles. The highest BCUT2D eigenvalue weighted by atomic mass is 32.1. The van der Waals surface area contributed by atoms with Crippen LogP contribution in [0.3, 0.4) is 0 Å². The van der Waals surface area contributed by atoms with Crippen molar-refractivity contribution in [1.82, 2.24) is 10.2 Å². The summed E-state index contributed by atoms with van der Waals surface area (Å²) in [5.41, 5.74) is 0.674. The van der Waals surface area contributed by atoms with E-state index >= 15 is 0 Å². The lowest BCUT2D eigenvalue weighted by Crippen LogP contribution is -2.53. The number of aryl methyl sites for hydroxylation is 1. The van der Waals surface area contributed by atoms with Crippen molar-refractivity contribution in [3.05, 3.63) is 34.5 Å². The van der Waals surface area contributed by atoms with Gasteiger partial charge in [0.1, 0.15) is 5.82 Å². The van der Waals surface area contributed by atoms with Gasteiger partial charge in [0, 0.05) is 22.2 Å². The molecule has 0 spiro atoms. The van der Waals surface area contributed by atoms with E-state index in [1.54, 1.807) is 6.07 Å². The van der Waals surface area contributed by atoms with E-state index in [0.717, 1.165) is 23.4 Å². The van der Waals surface area contributed by atoms with Gasteiger partial charge < -0.3 is 5.32 Å². The summed E-state index contributed by atoms with van der Waals surface area (Å²) in [4.78, 5) is 15.7. The molecule has 0 radical (unpaired) electrons. The molecule has 1 aromatic carbocycles. The van der Waals surface area contributed by atoms with Gasteiger partial charge in [-0.3, -0.25) is 9.69 Å². The second kappa shape index (κ2) is 6.81. The highest BCUT2D eigenvalue weighted by Crippen LogP contribution is 2.32. The summed E-state index contributed by atoms with van der Waals surface area (Å²) in [5.74, 6) is -0.355. The van der Waals surface area contributed by atoms with Gasteiger partial charge in [-0.05, 0) is 64.4 Å². The number of halogens is 1. The lowest BCUT2D eigenvalue weighted by atomic mass is 9.98. The molecule has 0 aliphatic carbocycles. The van der Waals surface area contributed by atoms with Crippen LogP contribution in [0.5, 0.6) is 0 Å². The molecule has 24 heavy (non-hydrogen) atoms. The number of hydrogen-bond donors (Lipinski definition) is 1. The van der Waals surface area contributed by atoms with E-state index in [0.29, 0.717) is 16.8 Å². The Kier molecular flexibility index (Phi) is 4.92. The zero-order valence-electron chi connectivity index (χ0n) is 14.6. The highest BCUT2D eigenvalue weighted by Gasteiger charge is 2.29. The molecule has 3 rings (SSSR count). The largest absolute Gasteiger partial charge is 0.349 e. The summed E-state index contributed by atoms with van der Waals surface area (Å²) in [6.07, 6.45) is 3.75. The van der Waals surface area contributed by atoms with Crippen LogP contribution in [0, 0.1) is 12.7 Å². The number of benzene rings is 1. The molecule has 0 saturated carbocycles. The first-order chi connectivity index (χ1) is 11.4. The monoisotopic (exact) mass is 348 g/mol. The number of likely N-dealkylation sites (tertiary alicyclic amines) is 1. The van der Waals surface area contributed by atoms with Gasteiger partial charge in [0.05, 0.1) is 4.88 Å². The Morgan fingerprint density at radius 1 is 1.29 bits per heavy atom. The first-order valence-electron chi connectivity index (χ1n) is 8.61. The number of carbonyl (C=O) groups is 1. The fourth-order valence-electron chi connectivity index (χ4n) is 3.46. The molecular weight excluding hydrogens is 323 g/mol. The maximum atomic E-state index is 14.0. The van der Waals surface area contributed by atoms with Gasteiger partial charge in [-0.15, -0.1) is 11.3 Å². The minimum Gasteiger partial charge on any atom is -0.349 e. The second-order valence-corrected chi connectivity index (χ2v) is 8.26. The number of carbonyl (C=O) groups excluding carboxylic acids is 1. The smallest absolute Gasteiger partial charge is 0.261 e. The Labute approximate surface area is 146 Å². The number of rotatable bonds is 4. The van der Waals surface area contributed by atoms with Gasteiger partial charge in [0.2, 0.25) is 0 Å². The van der Waals surface area contributed by atoms with Crippen LogP contribution in [0.1, 0.15) is 48.3 Å². The van der Waals surface area contributed by atoms with Crippen LogP contribution in [-0.2, 0) is 0 Å². The van der Waals surface area contributed by atoms with Crippen LogP contribution in [0.25, 0.3) is 10.1 Å². The van der Waals surface area contributed by atoms with Crippen molar-refractivity contribution >= 4 is 27.3 Å². The van der Waals surface area contributed by atoms with E-state index in [1.165, 1.54) is 36.7 Å². The third-order valence-electron chi connectivity index (χ3n) is 5.00. The van der Waals surface area contributed by atoms with Gasteiger partial charge in [-0.25, -0.2) is 4.39 Å². The summed E-state index contributed by atoms with van der Waals surface area (Å²) in [7, 11) is 0. The molecule has 1 N–H and O–H groups in total. The Bertz CT molecular complexity index is 747. The first kappa shape index (κ1) is 17.4. The van der Waals surface area contributed by atoms with E-state index in [4.69, 9.17) is 0 Å². The van der Waals surface area contributed by atoms with Crippen molar-refractivity contribution < 1.29 is 9.18 Å². The minimum absolute atomic E-state index is 0.0636. The van der Waals surface area contributed by atoms with Crippen LogP contribution < -0.4 is 5.32 Å². The standard InChI is InChI=1S/C19H25FN2OS/c1-13-16-14(20)8-7-9-15(16)24-17(13)18(23)21-12-19(2,3)22-10-5-4-6-11-22/h7-9H,4-6,10-12H2,1-3H3,(H,21,23). The Morgan fingerprint density at radius 3 is 2.67 bits per heavy atom. The van der Waals surface area contributed by atoms with Gasteiger partial charge in [0.25, 0.3) is 5.91 Å². The summed E-state index contributed by atoms with van der Waals surface area (Å²) >= 11 is 1.37. The number of thiophene rings is 1. The van der Waals surface area contributed by atoms with E-state index in [2.05, 4.69) is 24.1 Å². The van der Waals surface area contributed by atoms with Crippen molar-refractivity contribution in [3.8, 4) is 0 Å². The van der Waals surface area contributed by atoms with E-state index in [9.17, 15) is 9.18 Å². The van der Waals surface area contributed by atoms with Gasteiger partial charge in [-0.1, -0.05) is 12.5 Å². The van der Waals surface area contributed by atoms with Crippen molar-refractivity contribution in [2.75, 3.05) is 19.6 Å². The summed E-state index contributed by atoms with van der Waals surface area (Å²) < 4.78 is 14.8. The topological polar surface area (TPSA) is 32.3 Å². The first-order valence-corrected chi connectivity index (χ1v) is 9.43. The number of piperidine rings is 1. The fraction of sp³-hybridized carbons (Fsp3) is 0.526. The predicted molar refractivity (Wildman–Crippen MR) is 98.4 cm³/mol. The number of nitrogens with zero attached hydrogens (tertiary/aromatic N) is 1. The minimum atomic E-state index is -0.256. The molecule has 1 aliphatic heterocycles. The van der Waals surface area contributed by atoms with Crippen molar-refractivity contribution in [1.29, 1.82) is 0 Å². The molecule has 1 aliphatic rings. The molecule has 3 nitrogen and oxygen atoms in total. The maximum Gasteiger partial charge on any atom is 0.261 e. The van der Waals surface area contributed by atoms with Crippen molar-refractivity contribution in [2.45, 2.75) is 45.6 Å². The van der Waals surface area contributed by atoms with Crippen LogP contribution in [-0.4, -0.2) is 36.0 Å². The number of fused-ring (bicyclic) bond motifs is 1. The Balaban J connectivity index is 1.73.